The number of amides is 2. The highest BCUT2D eigenvalue weighted by atomic mass is 16.3. The lowest BCUT2D eigenvalue weighted by Gasteiger charge is -2.38. The predicted molar refractivity (Wildman–Crippen MR) is 60.9 cm³/mol. The van der Waals surface area contributed by atoms with Crippen LogP contribution >= 0.6 is 0 Å². The Hall–Kier alpha value is -0.900. The molecule has 4 nitrogen and oxygen atoms in total. The molecular weight excluding hydrogens is 218 g/mol. The van der Waals surface area contributed by atoms with Crippen LogP contribution in [0, 0.1) is 11.8 Å². The van der Waals surface area contributed by atoms with Gasteiger partial charge < -0.3 is 5.11 Å². The summed E-state index contributed by atoms with van der Waals surface area (Å²) in [6.07, 6.45) is 5.31. The van der Waals surface area contributed by atoms with Gasteiger partial charge in [0.1, 0.15) is 0 Å². The molecule has 0 aromatic heterocycles. The van der Waals surface area contributed by atoms with Crippen LogP contribution in [-0.2, 0) is 9.59 Å². The fourth-order valence-corrected chi connectivity index (χ4v) is 3.61. The first kappa shape index (κ1) is 11.2. The Kier molecular flexibility index (Phi) is 2.69. The molecule has 94 valence electrons. The summed E-state index contributed by atoms with van der Waals surface area (Å²) in [5.74, 6) is 0.323. The van der Waals surface area contributed by atoms with E-state index in [1.165, 1.54) is 0 Å². The van der Waals surface area contributed by atoms with Crippen molar-refractivity contribution in [1.82, 2.24) is 4.90 Å². The summed E-state index contributed by atoms with van der Waals surface area (Å²) in [5, 5.41) is 9.49. The number of piperidine rings is 1. The van der Waals surface area contributed by atoms with Gasteiger partial charge in [-0.15, -0.1) is 0 Å². The molecule has 3 fully saturated rings. The lowest BCUT2D eigenvalue weighted by atomic mass is 9.88. The highest BCUT2D eigenvalue weighted by Crippen LogP contribution is 2.40. The number of likely N-dealkylation sites (tertiary alicyclic amines) is 1. The Morgan fingerprint density at radius 3 is 1.94 bits per heavy atom. The smallest absolute Gasteiger partial charge is 0.232 e. The van der Waals surface area contributed by atoms with E-state index in [2.05, 4.69) is 0 Å². The lowest BCUT2D eigenvalue weighted by molar-refractivity contribution is -0.157. The zero-order valence-electron chi connectivity index (χ0n) is 9.97. The van der Waals surface area contributed by atoms with Crippen molar-refractivity contribution in [2.45, 2.75) is 57.1 Å². The number of aliphatic hydroxyl groups excluding tert-OH is 1. The van der Waals surface area contributed by atoms with E-state index in [0.717, 1.165) is 44.9 Å². The SMILES string of the molecule is O=C1C2CCC(C2)C(=O)N1C1CCC(O)CC1. The zero-order chi connectivity index (χ0) is 12.0. The van der Waals surface area contributed by atoms with E-state index in [1.807, 2.05) is 0 Å². The summed E-state index contributed by atoms with van der Waals surface area (Å²) in [5.41, 5.74) is 0. The van der Waals surface area contributed by atoms with Crippen LogP contribution in [0.5, 0.6) is 0 Å². The number of carbonyl (C=O) groups is 2. The van der Waals surface area contributed by atoms with Gasteiger partial charge in [0.15, 0.2) is 0 Å². The van der Waals surface area contributed by atoms with E-state index in [-0.39, 0.29) is 35.8 Å². The highest BCUT2D eigenvalue weighted by molar-refractivity contribution is 6.01. The van der Waals surface area contributed by atoms with Crippen molar-refractivity contribution in [2.24, 2.45) is 11.8 Å². The maximum atomic E-state index is 12.2. The number of imide groups is 1. The molecule has 0 aromatic carbocycles. The Balaban J connectivity index is 1.77. The first-order chi connectivity index (χ1) is 8.16. The molecule has 4 heteroatoms. The van der Waals surface area contributed by atoms with Crippen LogP contribution in [0.15, 0.2) is 0 Å². The molecule has 0 aromatic rings. The van der Waals surface area contributed by atoms with Gasteiger partial charge in [-0.1, -0.05) is 0 Å². The zero-order valence-corrected chi connectivity index (χ0v) is 9.97. The molecule has 2 aliphatic carbocycles. The molecule has 2 unspecified atom stereocenters. The van der Waals surface area contributed by atoms with Crippen LogP contribution in [0.1, 0.15) is 44.9 Å². The van der Waals surface area contributed by atoms with Crippen molar-refractivity contribution >= 4 is 11.8 Å². The molecule has 2 atom stereocenters. The Labute approximate surface area is 101 Å². The van der Waals surface area contributed by atoms with E-state index in [1.54, 1.807) is 4.90 Å². The molecule has 0 spiro atoms. The van der Waals surface area contributed by atoms with Gasteiger partial charge in [-0.2, -0.15) is 0 Å². The number of aliphatic hydroxyl groups is 1. The van der Waals surface area contributed by atoms with Crippen molar-refractivity contribution in [2.75, 3.05) is 0 Å². The number of hydrogen-bond acceptors (Lipinski definition) is 3. The van der Waals surface area contributed by atoms with Crippen molar-refractivity contribution in [3.8, 4) is 0 Å². The minimum atomic E-state index is -0.238. The van der Waals surface area contributed by atoms with E-state index < -0.39 is 0 Å². The monoisotopic (exact) mass is 237 g/mol. The summed E-state index contributed by atoms with van der Waals surface area (Å²) >= 11 is 0. The molecule has 2 bridgehead atoms. The summed E-state index contributed by atoms with van der Waals surface area (Å²) in [4.78, 5) is 26.0. The van der Waals surface area contributed by atoms with E-state index in [9.17, 15) is 14.7 Å². The fraction of sp³-hybridized carbons (Fsp3) is 0.846. The van der Waals surface area contributed by atoms with Gasteiger partial charge in [0.2, 0.25) is 11.8 Å². The molecule has 17 heavy (non-hydrogen) atoms. The van der Waals surface area contributed by atoms with Crippen molar-refractivity contribution in [3.63, 3.8) is 0 Å². The first-order valence-corrected chi connectivity index (χ1v) is 6.72. The van der Waals surface area contributed by atoms with Crippen molar-refractivity contribution < 1.29 is 14.7 Å². The average Bonchev–Trinajstić information content (AvgIpc) is 2.76. The number of hydrogen-bond donors (Lipinski definition) is 1. The van der Waals surface area contributed by atoms with Crippen LogP contribution in [0.25, 0.3) is 0 Å². The minimum Gasteiger partial charge on any atom is -0.393 e. The maximum Gasteiger partial charge on any atom is 0.232 e. The maximum absolute atomic E-state index is 12.2. The minimum absolute atomic E-state index is 0.0572. The highest BCUT2D eigenvalue weighted by Gasteiger charge is 2.47. The third-order valence-electron chi connectivity index (χ3n) is 4.64. The van der Waals surface area contributed by atoms with E-state index in [0.29, 0.717) is 0 Å². The topological polar surface area (TPSA) is 57.6 Å². The van der Waals surface area contributed by atoms with Crippen molar-refractivity contribution in [3.05, 3.63) is 0 Å². The number of fused-ring (bicyclic) bond motifs is 2. The Bertz CT molecular complexity index is 325. The van der Waals surface area contributed by atoms with Crippen LogP contribution in [0.3, 0.4) is 0 Å². The van der Waals surface area contributed by atoms with Crippen LogP contribution < -0.4 is 0 Å². The van der Waals surface area contributed by atoms with Crippen LogP contribution in [0.2, 0.25) is 0 Å². The molecule has 1 aliphatic heterocycles. The summed E-state index contributed by atoms with van der Waals surface area (Å²) in [6.45, 7) is 0. The van der Waals surface area contributed by atoms with Gasteiger partial charge in [0, 0.05) is 17.9 Å². The Morgan fingerprint density at radius 1 is 0.882 bits per heavy atom. The molecule has 1 heterocycles. The second kappa shape index (κ2) is 4.09. The predicted octanol–water partition coefficient (Wildman–Crippen LogP) is 1.07. The summed E-state index contributed by atoms with van der Waals surface area (Å²) in [6, 6.07) is 0.0572. The second-order valence-corrected chi connectivity index (χ2v) is 5.72. The van der Waals surface area contributed by atoms with Crippen LogP contribution in [-0.4, -0.2) is 34.0 Å². The van der Waals surface area contributed by atoms with Crippen LogP contribution in [0.4, 0.5) is 0 Å². The standard InChI is InChI=1S/C13H19NO3/c15-11-5-3-10(4-6-11)14-12(16)8-1-2-9(7-8)13(14)17/h8-11,15H,1-7H2. The molecule has 3 rings (SSSR count). The lowest BCUT2D eigenvalue weighted by Crippen LogP contribution is -2.52. The largest absolute Gasteiger partial charge is 0.393 e. The van der Waals surface area contributed by atoms with Gasteiger partial charge in [-0.25, -0.2) is 0 Å². The second-order valence-electron chi connectivity index (χ2n) is 5.72. The van der Waals surface area contributed by atoms with Gasteiger partial charge in [-0.3, -0.25) is 14.5 Å². The number of nitrogens with zero attached hydrogens (tertiary/aromatic N) is 1. The molecule has 2 amide bonds. The van der Waals surface area contributed by atoms with Gasteiger partial charge in [0.05, 0.1) is 6.10 Å². The number of carbonyl (C=O) groups excluding carboxylic acids is 2. The van der Waals surface area contributed by atoms with Crippen molar-refractivity contribution in [1.29, 1.82) is 0 Å². The number of rotatable bonds is 1. The average molecular weight is 237 g/mol. The molecule has 1 N–H and O–H groups in total. The molecule has 1 saturated heterocycles. The fourth-order valence-electron chi connectivity index (χ4n) is 3.61. The molecule has 2 saturated carbocycles. The summed E-state index contributed by atoms with van der Waals surface area (Å²) < 4.78 is 0. The van der Waals surface area contributed by atoms with E-state index >= 15 is 0 Å². The normalized spacial score (nSPS) is 42.1. The van der Waals surface area contributed by atoms with Gasteiger partial charge in [-0.05, 0) is 44.9 Å². The third-order valence-corrected chi connectivity index (χ3v) is 4.64. The van der Waals surface area contributed by atoms with E-state index in [4.69, 9.17) is 0 Å². The first-order valence-electron chi connectivity index (χ1n) is 6.72. The quantitative estimate of drug-likeness (QED) is 0.694. The van der Waals surface area contributed by atoms with Gasteiger partial charge in [0.25, 0.3) is 0 Å². The molecule has 3 aliphatic rings. The van der Waals surface area contributed by atoms with Gasteiger partial charge >= 0.3 is 0 Å². The molecular formula is C13H19NO3. The third kappa shape index (κ3) is 1.79. The Morgan fingerprint density at radius 2 is 1.41 bits per heavy atom. The summed E-state index contributed by atoms with van der Waals surface area (Å²) in [7, 11) is 0. The molecule has 0 radical (unpaired) electrons.